The lowest BCUT2D eigenvalue weighted by Gasteiger charge is -2.45. The molecule has 1 unspecified atom stereocenters. The highest BCUT2D eigenvalue weighted by molar-refractivity contribution is 5.89. The molecule has 1 aromatic carbocycles. The van der Waals surface area contributed by atoms with Crippen molar-refractivity contribution in [3.05, 3.63) is 35.6 Å². The fourth-order valence-corrected chi connectivity index (χ4v) is 2.65. The Hall–Kier alpha value is -2.15. The van der Waals surface area contributed by atoms with E-state index >= 15 is 0 Å². The number of hydrazine groups is 1. The summed E-state index contributed by atoms with van der Waals surface area (Å²) in [6.45, 7) is 6.56. The second-order valence-electron chi connectivity index (χ2n) is 6.34. The minimum absolute atomic E-state index is 0.0693. The molecule has 1 aromatic rings. The Bertz CT molecular complexity index is 554. The van der Waals surface area contributed by atoms with Gasteiger partial charge in [0.1, 0.15) is 11.4 Å². The van der Waals surface area contributed by atoms with Crippen LogP contribution in [0.2, 0.25) is 0 Å². The topological polar surface area (TPSA) is 95.7 Å². The van der Waals surface area contributed by atoms with Gasteiger partial charge in [0.05, 0.1) is 0 Å². The molecule has 0 aliphatic carbocycles. The first-order valence-corrected chi connectivity index (χ1v) is 6.81. The molecule has 0 aromatic heterocycles. The van der Waals surface area contributed by atoms with Crippen LogP contribution in [0, 0.1) is 5.82 Å². The molecule has 1 atom stereocenters. The molecule has 1 rings (SSSR count). The van der Waals surface area contributed by atoms with Crippen molar-refractivity contribution < 1.29 is 19.1 Å². The monoisotopic (exact) mass is 311 g/mol. The Morgan fingerprint density at radius 2 is 1.73 bits per heavy atom. The number of nitrogens with one attached hydrogen (secondary N) is 1. The number of rotatable bonds is 4. The Labute approximate surface area is 129 Å². The highest BCUT2D eigenvalue weighted by Gasteiger charge is 2.47. The Kier molecular flexibility index (Phi) is 5.13. The van der Waals surface area contributed by atoms with Gasteiger partial charge >= 0.3 is 6.09 Å². The fraction of sp³-hybridized carbons (Fsp3) is 0.467. The third-order valence-electron chi connectivity index (χ3n) is 3.44. The number of halogens is 1. The van der Waals surface area contributed by atoms with Crippen molar-refractivity contribution in [1.29, 1.82) is 0 Å². The summed E-state index contributed by atoms with van der Waals surface area (Å²) in [4.78, 5) is 25.0. The molecule has 7 heteroatoms. The lowest BCUT2D eigenvalue weighted by molar-refractivity contribution is -0.134. The van der Waals surface area contributed by atoms with Crippen molar-refractivity contribution in [3.63, 3.8) is 0 Å². The zero-order valence-corrected chi connectivity index (χ0v) is 13.2. The standard InChI is InChI=1S/C15H22FN3O3/c1-14(2,3)19(13(21)22)15(4,12(20)18-17)9-10-5-7-11(16)8-6-10/h5-8H,9,17H2,1-4H3,(H,18,20)(H,21,22). The average Bonchev–Trinajstić information content (AvgIpc) is 2.38. The number of hydrogen-bond acceptors (Lipinski definition) is 3. The minimum atomic E-state index is -1.43. The van der Waals surface area contributed by atoms with Gasteiger partial charge in [0, 0.05) is 12.0 Å². The first-order valence-electron chi connectivity index (χ1n) is 6.81. The zero-order valence-electron chi connectivity index (χ0n) is 13.2. The van der Waals surface area contributed by atoms with Crippen LogP contribution in [0.1, 0.15) is 33.3 Å². The summed E-state index contributed by atoms with van der Waals surface area (Å²) < 4.78 is 13.0. The molecule has 0 saturated carbocycles. The number of benzene rings is 1. The molecule has 6 nitrogen and oxygen atoms in total. The molecule has 0 radical (unpaired) electrons. The van der Waals surface area contributed by atoms with Gasteiger partial charge in [-0.1, -0.05) is 12.1 Å². The van der Waals surface area contributed by atoms with Crippen molar-refractivity contribution in [2.75, 3.05) is 0 Å². The van der Waals surface area contributed by atoms with Gasteiger partial charge in [0.2, 0.25) is 0 Å². The van der Waals surface area contributed by atoms with Crippen LogP contribution >= 0.6 is 0 Å². The second kappa shape index (κ2) is 6.31. The van der Waals surface area contributed by atoms with Crippen molar-refractivity contribution >= 4 is 12.0 Å². The molecule has 0 aliphatic heterocycles. The van der Waals surface area contributed by atoms with E-state index in [4.69, 9.17) is 5.84 Å². The molecule has 0 aliphatic rings. The van der Waals surface area contributed by atoms with Gasteiger partial charge in [0.25, 0.3) is 5.91 Å². The lowest BCUT2D eigenvalue weighted by Crippen LogP contribution is -2.66. The van der Waals surface area contributed by atoms with Gasteiger partial charge in [-0.25, -0.2) is 15.0 Å². The van der Waals surface area contributed by atoms with Gasteiger partial charge in [0.15, 0.2) is 0 Å². The van der Waals surface area contributed by atoms with Gasteiger partial charge < -0.3 is 5.11 Å². The molecule has 0 bridgehead atoms. The van der Waals surface area contributed by atoms with Crippen LogP contribution in [0.5, 0.6) is 0 Å². The third kappa shape index (κ3) is 3.73. The van der Waals surface area contributed by atoms with Gasteiger partial charge in [-0.15, -0.1) is 0 Å². The lowest BCUT2D eigenvalue weighted by atomic mass is 9.86. The maximum Gasteiger partial charge on any atom is 0.408 e. The molecular formula is C15H22FN3O3. The minimum Gasteiger partial charge on any atom is -0.465 e. The van der Waals surface area contributed by atoms with Crippen LogP contribution in [0.3, 0.4) is 0 Å². The maximum absolute atomic E-state index is 13.0. The third-order valence-corrected chi connectivity index (χ3v) is 3.44. The van der Waals surface area contributed by atoms with E-state index in [-0.39, 0.29) is 6.42 Å². The summed E-state index contributed by atoms with van der Waals surface area (Å²) in [7, 11) is 0. The van der Waals surface area contributed by atoms with E-state index < -0.39 is 28.9 Å². The van der Waals surface area contributed by atoms with Crippen LogP contribution in [0.4, 0.5) is 9.18 Å². The number of carbonyl (C=O) groups is 2. The van der Waals surface area contributed by atoms with Crippen LogP contribution in [-0.4, -0.2) is 33.1 Å². The molecule has 4 N–H and O–H groups in total. The number of nitrogens with zero attached hydrogens (tertiary/aromatic N) is 1. The Balaban J connectivity index is 3.32. The predicted molar refractivity (Wildman–Crippen MR) is 80.5 cm³/mol. The number of amides is 2. The van der Waals surface area contributed by atoms with E-state index in [1.807, 2.05) is 5.43 Å². The zero-order chi connectivity index (χ0) is 17.1. The smallest absolute Gasteiger partial charge is 0.408 e. The molecule has 0 fully saturated rings. The van der Waals surface area contributed by atoms with Crippen molar-refractivity contribution in [3.8, 4) is 0 Å². The van der Waals surface area contributed by atoms with E-state index in [0.717, 1.165) is 4.90 Å². The molecule has 122 valence electrons. The highest BCUT2D eigenvalue weighted by Crippen LogP contribution is 2.29. The Morgan fingerprint density at radius 1 is 1.23 bits per heavy atom. The van der Waals surface area contributed by atoms with E-state index in [1.54, 1.807) is 20.8 Å². The van der Waals surface area contributed by atoms with E-state index in [9.17, 15) is 19.1 Å². The first-order chi connectivity index (χ1) is 10.0. The van der Waals surface area contributed by atoms with Crippen LogP contribution in [0.25, 0.3) is 0 Å². The summed E-state index contributed by atoms with van der Waals surface area (Å²) in [5, 5.41) is 9.56. The van der Waals surface area contributed by atoms with Gasteiger partial charge in [-0.2, -0.15) is 0 Å². The first kappa shape index (κ1) is 17.9. The Morgan fingerprint density at radius 3 is 2.09 bits per heavy atom. The number of carbonyl (C=O) groups excluding carboxylic acids is 1. The molecular weight excluding hydrogens is 289 g/mol. The van der Waals surface area contributed by atoms with Crippen molar-refractivity contribution in [1.82, 2.24) is 10.3 Å². The number of hydrogen-bond donors (Lipinski definition) is 3. The number of carboxylic acid groups (broad SMARTS) is 1. The number of nitrogens with two attached hydrogens (primary N) is 1. The SMILES string of the molecule is CC(C)(C)N(C(=O)O)C(C)(Cc1ccc(F)cc1)C(=O)NN. The molecule has 22 heavy (non-hydrogen) atoms. The van der Waals surface area contributed by atoms with Gasteiger partial charge in [-0.3, -0.25) is 15.1 Å². The van der Waals surface area contributed by atoms with E-state index in [0.29, 0.717) is 5.56 Å². The fourth-order valence-electron chi connectivity index (χ4n) is 2.65. The highest BCUT2D eigenvalue weighted by atomic mass is 19.1. The molecule has 0 saturated heterocycles. The molecule has 2 amide bonds. The summed E-state index contributed by atoms with van der Waals surface area (Å²) in [5.41, 5.74) is 0.394. The predicted octanol–water partition coefficient (Wildman–Crippen LogP) is 1.90. The van der Waals surface area contributed by atoms with Crippen LogP contribution < -0.4 is 11.3 Å². The summed E-state index contributed by atoms with van der Waals surface area (Å²) >= 11 is 0. The summed E-state index contributed by atoms with van der Waals surface area (Å²) in [5.74, 6) is 4.20. The van der Waals surface area contributed by atoms with E-state index in [1.165, 1.54) is 31.2 Å². The van der Waals surface area contributed by atoms with Crippen molar-refractivity contribution in [2.24, 2.45) is 5.84 Å². The second-order valence-corrected chi connectivity index (χ2v) is 6.34. The van der Waals surface area contributed by atoms with Crippen molar-refractivity contribution in [2.45, 2.75) is 45.2 Å². The molecule has 0 spiro atoms. The van der Waals surface area contributed by atoms with E-state index in [2.05, 4.69) is 0 Å². The molecule has 0 heterocycles. The average molecular weight is 311 g/mol. The van der Waals surface area contributed by atoms with Gasteiger partial charge in [-0.05, 0) is 45.4 Å². The largest absolute Gasteiger partial charge is 0.465 e. The van der Waals surface area contributed by atoms with Crippen LogP contribution in [0.15, 0.2) is 24.3 Å². The maximum atomic E-state index is 13.0. The summed E-state index contributed by atoms with van der Waals surface area (Å²) in [6.07, 6.45) is -1.17. The normalized spacial score (nSPS) is 14.1. The summed E-state index contributed by atoms with van der Waals surface area (Å²) in [6, 6.07) is 5.55. The quantitative estimate of drug-likeness (QED) is 0.449. The van der Waals surface area contributed by atoms with Crippen LogP contribution in [-0.2, 0) is 11.2 Å².